The molecule has 3 N–H and O–H groups in total. The molecular formula is C16H17BrN2O2. The second-order valence-electron chi connectivity index (χ2n) is 4.71. The molecule has 2 rings (SSSR count). The molecule has 0 saturated carbocycles. The van der Waals surface area contributed by atoms with E-state index in [-0.39, 0.29) is 6.04 Å². The molecule has 0 aromatic heterocycles. The van der Waals surface area contributed by atoms with Crippen LogP contribution in [0.2, 0.25) is 0 Å². The summed E-state index contributed by atoms with van der Waals surface area (Å²) in [4.78, 5) is 11.2. The molecule has 0 aliphatic heterocycles. The third-order valence-electron chi connectivity index (χ3n) is 3.21. The summed E-state index contributed by atoms with van der Waals surface area (Å²) in [7, 11) is 1.64. The predicted molar refractivity (Wildman–Crippen MR) is 87.7 cm³/mol. The van der Waals surface area contributed by atoms with E-state index in [4.69, 9.17) is 10.5 Å². The second-order valence-corrected chi connectivity index (χ2v) is 5.56. The van der Waals surface area contributed by atoms with Crippen molar-refractivity contribution in [3.05, 3.63) is 58.1 Å². The molecule has 1 unspecified atom stereocenters. The smallest absolute Gasteiger partial charge is 0.248 e. The van der Waals surface area contributed by atoms with E-state index < -0.39 is 5.91 Å². The van der Waals surface area contributed by atoms with Crippen LogP contribution in [-0.2, 0) is 0 Å². The number of carbonyl (C=O) groups excluding carboxylic acids is 1. The number of anilines is 1. The number of ether oxygens (including phenoxy) is 1. The molecule has 0 radical (unpaired) electrons. The fourth-order valence-electron chi connectivity index (χ4n) is 2.05. The Labute approximate surface area is 132 Å². The Balaban J connectivity index is 2.17. The average molecular weight is 349 g/mol. The first-order valence-electron chi connectivity index (χ1n) is 6.51. The van der Waals surface area contributed by atoms with E-state index in [0.29, 0.717) is 5.56 Å². The number of rotatable bonds is 5. The van der Waals surface area contributed by atoms with E-state index in [1.807, 2.05) is 31.2 Å². The molecule has 21 heavy (non-hydrogen) atoms. The Morgan fingerprint density at radius 1 is 1.29 bits per heavy atom. The number of nitrogens with one attached hydrogen (secondary N) is 1. The summed E-state index contributed by atoms with van der Waals surface area (Å²) in [5.74, 6) is 0.361. The van der Waals surface area contributed by atoms with Crippen molar-refractivity contribution in [3.8, 4) is 5.75 Å². The normalized spacial score (nSPS) is 11.8. The van der Waals surface area contributed by atoms with Crippen LogP contribution in [0.3, 0.4) is 0 Å². The van der Waals surface area contributed by atoms with Crippen molar-refractivity contribution in [3.63, 3.8) is 0 Å². The number of nitrogens with two attached hydrogens (primary N) is 1. The van der Waals surface area contributed by atoms with Crippen LogP contribution in [0.25, 0.3) is 0 Å². The molecule has 4 nitrogen and oxygen atoms in total. The average Bonchev–Trinajstić information content (AvgIpc) is 2.47. The van der Waals surface area contributed by atoms with Crippen molar-refractivity contribution in [1.82, 2.24) is 0 Å². The predicted octanol–water partition coefficient (Wildman–Crippen LogP) is 3.73. The van der Waals surface area contributed by atoms with Gasteiger partial charge < -0.3 is 15.8 Å². The van der Waals surface area contributed by atoms with Gasteiger partial charge in [-0.25, -0.2) is 0 Å². The highest BCUT2D eigenvalue weighted by atomic mass is 79.9. The van der Waals surface area contributed by atoms with Crippen LogP contribution in [0, 0.1) is 0 Å². The van der Waals surface area contributed by atoms with Gasteiger partial charge in [-0.2, -0.15) is 0 Å². The lowest BCUT2D eigenvalue weighted by Crippen LogP contribution is -2.12. The van der Waals surface area contributed by atoms with Crippen molar-refractivity contribution in [1.29, 1.82) is 0 Å². The van der Waals surface area contributed by atoms with Crippen molar-refractivity contribution in [2.24, 2.45) is 5.73 Å². The minimum atomic E-state index is -0.432. The fraction of sp³-hybridized carbons (Fsp3) is 0.188. The standard InChI is InChI=1S/C16H17BrN2O2/c1-10(11-6-7-15(21-2)14(17)9-11)19-13-5-3-4-12(8-13)16(18)20/h3-10,19H,1-2H3,(H2,18,20). The molecule has 0 fully saturated rings. The van der Waals surface area contributed by atoms with E-state index in [2.05, 4.69) is 21.2 Å². The van der Waals surface area contributed by atoms with Crippen molar-refractivity contribution < 1.29 is 9.53 Å². The van der Waals surface area contributed by atoms with Gasteiger partial charge in [0.05, 0.1) is 11.6 Å². The van der Waals surface area contributed by atoms with Crippen LogP contribution >= 0.6 is 15.9 Å². The van der Waals surface area contributed by atoms with E-state index in [0.717, 1.165) is 21.5 Å². The zero-order valence-corrected chi connectivity index (χ0v) is 13.5. The van der Waals surface area contributed by atoms with Gasteiger partial charge in [0.2, 0.25) is 5.91 Å². The van der Waals surface area contributed by atoms with Crippen LogP contribution in [0.1, 0.15) is 28.9 Å². The van der Waals surface area contributed by atoms with Crippen molar-refractivity contribution in [2.75, 3.05) is 12.4 Å². The quantitative estimate of drug-likeness (QED) is 0.865. The minimum absolute atomic E-state index is 0.0790. The molecule has 2 aromatic carbocycles. The van der Waals surface area contributed by atoms with Gasteiger partial charge >= 0.3 is 0 Å². The number of hydrogen-bond donors (Lipinski definition) is 2. The number of amides is 1. The van der Waals surface area contributed by atoms with Gasteiger partial charge in [0.15, 0.2) is 0 Å². The molecule has 0 bridgehead atoms. The zero-order chi connectivity index (χ0) is 15.4. The van der Waals surface area contributed by atoms with Crippen LogP contribution < -0.4 is 15.8 Å². The summed E-state index contributed by atoms with van der Waals surface area (Å²) in [5, 5.41) is 3.35. The zero-order valence-electron chi connectivity index (χ0n) is 11.9. The Morgan fingerprint density at radius 3 is 2.67 bits per heavy atom. The molecule has 1 amide bonds. The topological polar surface area (TPSA) is 64.3 Å². The third kappa shape index (κ3) is 3.76. The Hall–Kier alpha value is -2.01. The van der Waals surface area contributed by atoms with E-state index in [1.54, 1.807) is 25.3 Å². The summed E-state index contributed by atoms with van der Waals surface area (Å²) in [5.41, 5.74) is 7.73. The number of halogens is 1. The number of primary amides is 1. The first-order valence-corrected chi connectivity index (χ1v) is 7.30. The number of benzene rings is 2. The van der Waals surface area contributed by atoms with Crippen LogP contribution in [0.5, 0.6) is 5.75 Å². The van der Waals surface area contributed by atoms with Crippen LogP contribution in [0.15, 0.2) is 46.9 Å². The van der Waals surface area contributed by atoms with Crippen LogP contribution in [0.4, 0.5) is 5.69 Å². The Kier molecular flexibility index (Phi) is 4.85. The Morgan fingerprint density at radius 2 is 2.05 bits per heavy atom. The molecule has 110 valence electrons. The van der Waals surface area contributed by atoms with Gasteiger partial charge in [-0.15, -0.1) is 0 Å². The maximum Gasteiger partial charge on any atom is 0.248 e. The molecule has 5 heteroatoms. The van der Waals surface area contributed by atoms with E-state index in [1.165, 1.54) is 0 Å². The van der Waals surface area contributed by atoms with Crippen molar-refractivity contribution >= 4 is 27.5 Å². The summed E-state index contributed by atoms with van der Waals surface area (Å²) in [6, 6.07) is 13.2. The first-order chi connectivity index (χ1) is 10.0. The minimum Gasteiger partial charge on any atom is -0.496 e. The van der Waals surface area contributed by atoms with Gasteiger partial charge in [-0.3, -0.25) is 4.79 Å². The molecule has 0 spiro atoms. The van der Waals surface area contributed by atoms with Gasteiger partial charge in [-0.1, -0.05) is 12.1 Å². The highest BCUT2D eigenvalue weighted by molar-refractivity contribution is 9.10. The first kappa shape index (κ1) is 15.4. The molecule has 0 aliphatic rings. The largest absolute Gasteiger partial charge is 0.496 e. The number of methoxy groups -OCH3 is 1. The lowest BCUT2D eigenvalue weighted by Gasteiger charge is -2.17. The SMILES string of the molecule is COc1ccc(C(C)Nc2cccc(C(N)=O)c2)cc1Br. The van der Waals surface area contributed by atoms with E-state index >= 15 is 0 Å². The summed E-state index contributed by atoms with van der Waals surface area (Å²) < 4.78 is 6.13. The molecule has 1 atom stereocenters. The summed E-state index contributed by atoms with van der Waals surface area (Å²) in [6.45, 7) is 2.05. The van der Waals surface area contributed by atoms with Crippen molar-refractivity contribution in [2.45, 2.75) is 13.0 Å². The molecular weight excluding hydrogens is 332 g/mol. The second kappa shape index (κ2) is 6.63. The lowest BCUT2D eigenvalue weighted by molar-refractivity contribution is 0.100. The van der Waals surface area contributed by atoms with Gasteiger partial charge in [0.25, 0.3) is 0 Å². The maximum absolute atomic E-state index is 11.2. The van der Waals surface area contributed by atoms with E-state index in [9.17, 15) is 4.79 Å². The third-order valence-corrected chi connectivity index (χ3v) is 3.83. The van der Waals surface area contributed by atoms with Crippen LogP contribution in [-0.4, -0.2) is 13.0 Å². The van der Waals surface area contributed by atoms with Gasteiger partial charge in [0.1, 0.15) is 5.75 Å². The maximum atomic E-state index is 11.2. The Bertz CT molecular complexity index is 658. The monoisotopic (exact) mass is 348 g/mol. The number of hydrogen-bond acceptors (Lipinski definition) is 3. The molecule has 2 aromatic rings. The molecule has 0 saturated heterocycles. The van der Waals surface area contributed by atoms with Gasteiger partial charge in [0, 0.05) is 17.3 Å². The summed E-state index contributed by atoms with van der Waals surface area (Å²) in [6.07, 6.45) is 0. The molecule has 0 heterocycles. The number of carbonyl (C=O) groups is 1. The lowest BCUT2D eigenvalue weighted by atomic mass is 10.1. The fourth-order valence-corrected chi connectivity index (χ4v) is 2.61. The van der Waals surface area contributed by atoms with Gasteiger partial charge in [-0.05, 0) is 58.7 Å². The highest BCUT2D eigenvalue weighted by Gasteiger charge is 2.09. The summed E-state index contributed by atoms with van der Waals surface area (Å²) >= 11 is 3.48. The molecule has 0 aliphatic carbocycles. The highest BCUT2D eigenvalue weighted by Crippen LogP contribution is 2.29.